The van der Waals surface area contributed by atoms with Gasteiger partial charge in [-0.2, -0.15) is 4.31 Å². The fraction of sp³-hybridized carbons (Fsp3) is 1.00. The Morgan fingerprint density at radius 1 is 1.19 bits per heavy atom. The van der Waals surface area contributed by atoms with Crippen molar-refractivity contribution in [2.24, 2.45) is 5.92 Å². The zero-order valence-electron chi connectivity index (χ0n) is 10.1. The molecule has 1 aliphatic rings. The normalized spacial score (nSPS) is 18.4. The summed E-state index contributed by atoms with van der Waals surface area (Å²) in [4.78, 5) is 0. The number of halogens is 1. The summed E-state index contributed by atoms with van der Waals surface area (Å²) in [5, 5.41) is 3.16. The number of sulfonamides is 1. The van der Waals surface area contributed by atoms with Gasteiger partial charge in [-0.25, -0.2) is 8.42 Å². The Morgan fingerprint density at radius 3 is 2.12 bits per heavy atom. The third-order valence-electron chi connectivity index (χ3n) is 3.07. The van der Waals surface area contributed by atoms with Gasteiger partial charge in [0.1, 0.15) is 0 Å². The summed E-state index contributed by atoms with van der Waals surface area (Å²) in [6.45, 7) is 6.93. The van der Waals surface area contributed by atoms with Crippen LogP contribution in [0.2, 0.25) is 0 Å². The fourth-order valence-corrected chi connectivity index (χ4v) is 3.87. The van der Waals surface area contributed by atoms with E-state index >= 15 is 0 Å². The maximum absolute atomic E-state index is 12.0. The second-order valence-electron chi connectivity index (χ2n) is 4.11. The molecule has 1 fully saturated rings. The second kappa shape index (κ2) is 7.48. The van der Waals surface area contributed by atoms with Crippen molar-refractivity contribution in [2.75, 3.05) is 31.9 Å². The van der Waals surface area contributed by atoms with Gasteiger partial charge < -0.3 is 5.32 Å². The van der Waals surface area contributed by atoms with Gasteiger partial charge in [-0.1, -0.05) is 26.7 Å². The van der Waals surface area contributed by atoms with Gasteiger partial charge in [-0.15, -0.1) is 12.4 Å². The van der Waals surface area contributed by atoms with Crippen molar-refractivity contribution in [3.05, 3.63) is 0 Å². The highest BCUT2D eigenvalue weighted by Gasteiger charge is 2.25. The molecule has 4 nitrogen and oxygen atoms in total. The minimum Gasteiger partial charge on any atom is -0.314 e. The van der Waals surface area contributed by atoms with Gasteiger partial charge in [0, 0.05) is 26.2 Å². The standard InChI is InChI=1S/C10H22N2O2S.ClH/c1-3-10(4-2)9-15(13,14)12-7-5-11-6-8-12;/h10-11H,3-9H2,1-2H3;1H. The predicted molar refractivity (Wildman–Crippen MR) is 69.5 cm³/mol. The molecule has 1 N–H and O–H groups in total. The molecule has 0 aromatic heterocycles. The van der Waals surface area contributed by atoms with E-state index in [2.05, 4.69) is 19.2 Å². The third-order valence-corrected chi connectivity index (χ3v) is 5.11. The molecule has 0 saturated carbocycles. The van der Waals surface area contributed by atoms with Crippen LogP contribution in [-0.4, -0.2) is 44.7 Å². The molecular weight excluding hydrogens is 248 g/mol. The molecular formula is C10H23ClN2O2S. The first kappa shape index (κ1) is 16.2. The van der Waals surface area contributed by atoms with E-state index in [1.807, 2.05) is 0 Å². The Kier molecular flexibility index (Phi) is 7.55. The molecule has 1 heterocycles. The summed E-state index contributed by atoms with van der Waals surface area (Å²) in [6.07, 6.45) is 1.89. The number of nitrogens with zero attached hydrogens (tertiary/aromatic N) is 1. The van der Waals surface area contributed by atoms with Crippen molar-refractivity contribution in [3.8, 4) is 0 Å². The highest BCUT2D eigenvalue weighted by molar-refractivity contribution is 7.89. The summed E-state index contributed by atoms with van der Waals surface area (Å²) >= 11 is 0. The Labute approximate surface area is 105 Å². The monoisotopic (exact) mass is 270 g/mol. The fourth-order valence-electron chi connectivity index (χ4n) is 1.85. The van der Waals surface area contributed by atoms with Gasteiger partial charge in [0.15, 0.2) is 0 Å². The first-order valence-electron chi connectivity index (χ1n) is 5.78. The van der Waals surface area contributed by atoms with Gasteiger partial charge in [0.2, 0.25) is 10.0 Å². The molecule has 16 heavy (non-hydrogen) atoms. The second-order valence-corrected chi connectivity index (χ2v) is 6.12. The number of hydrogen-bond donors (Lipinski definition) is 1. The maximum Gasteiger partial charge on any atom is 0.214 e. The Morgan fingerprint density at radius 2 is 1.69 bits per heavy atom. The first-order chi connectivity index (χ1) is 7.10. The van der Waals surface area contributed by atoms with E-state index in [0.29, 0.717) is 24.8 Å². The zero-order valence-corrected chi connectivity index (χ0v) is 11.7. The minimum atomic E-state index is -3.01. The van der Waals surface area contributed by atoms with E-state index in [0.717, 1.165) is 25.9 Å². The van der Waals surface area contributed by atoms with E-state index in [9.17, 15) is 8.42 Å². The third kappa shape index (κ3) is 4.57. The SMILES string of the molecule is CCC(CC)CS(=O)(=O)N1CCNCC1.Cl. The molecule has 0 bridgehead atoms. The molecule has 1 aliphatic heterocycles. The van der Waals surface area contributed by atoms with Crippen molar-refractivity contribution in [2.45, 2.75) is 26.7 Å². The van der Waals surface area contributed by atoms with Gasteiger partial charge in [0.05, 0.1) is 5.75 Å². The highest BCUT2D eigenvalue weighted by Crippen LogP contribution is 2.14. The molecule has 1 saturated heterocycles. The van der Waals surface area contributed by atoms with E-state index in [4.69, 9.17) is 0 Å². The minimum absolute atomic E-state index is 0. The molecule has 1 rings (SSSR count). The predicted octanol–water partition coefficient (Wildman–Crippen LogP) is 1.08. The van der Waals surface area contributed by atoms with Crippen molar-refractivity contribution in [1.82, 2.24) is 9.62 Å². The van der Waals surface area contributed by atoms with Crippen LogP contribution in [0.4, 0.5) is 0 Å². The largest absolute Gasteiger partial charge is 0.314 e. The summed E-state index contributed by atoms with van der Waals surface area (Å²) in [6, 6.07) is 0. The van der Waals surface area contributed by atoms with Crippen molar-refractivity contribution in [1.29, 1.82) is 0 Å². The molecule has 0 amide bonds. The molecule has 0 atom stereocenters. The highest BCUT2D eigenvalue weighted by atomic mass is 35.5. The molecule has 0 radical (unpaired) electrons. The van der Waals surface area contributed by atoms with E-state index in [1.165, 1.54) is 0 Å². The van der Waals surface area contributed by atoms with Crippen LogP contribution in [0.25, 0.3) is 0 Å². The van der Waals surface area contributed by atoms with Crippen LogP contribution in [0.3, 0.4) is 0 Å². The lowest BCUT2D eigenvalue weighted by molar-refractivity contribution is 0.355. The summed E-state index contributed by atoms with van der Waals surface area (Å²) in [7, 11) is -3.01. The lowest BCUT2D eigenvalue weighted by Gasteiger charge is -2.28. The van der Waals surface area contributed by atoms with Gasteiger partial charge >= 0.3 is 0 Å². The van der Waals surface area contributed by atoms with Crippen LogP contribution >= 0.6 is 12.4 Å². The average Bonchev–Trinajstić information content (AvgIpc) is 2.27. The van der Waals surface area contributed by atoms with Crippen LogP contribution in [-0.2, 0) is 10.0 Å². The van der Waals surface area contributed by atoms with Crippen molar-refractivity contribution < 1.29 is 8.42 Å². The lowest BCUT2D eigenvalue weighted by atomic mass is 10.1. The molecule has 6 heteroatoms. The summed E-state index contributed by atoms with van der Waals surface area (Å²) < 4.78 is 25.7. The van der Waals surface area contributed by atoms with Crippen LogP contribution in [0, 0.1) is 5.92 Å². The van der Waals surface area contributed by atoms with Gasteiger partial charge in [-0.3, -0.25) is 0 Å². The Bertz CT molecular complexity index is 273. The number of piperazine rings is 1. The van der Waals surface area contributed by atoms with E-state index < -0.39 is 10.0 Å². The molecule has 98 valence electrons. The Balaban J connectivity index is 0.00000225. The van der Waals surface area contributed by atoms with Crippen LogP contribution < -0.4 is 5.32 Å². The topological polar surface area (TPSA) is 49.4 Å². The molecule has 0 aromatic rings. The number of rotatable bonds is 5. The van der Waals surface area contributed by atoms with Gasteiger partial charge in [-0.05, 0) is 5.92 Å². The summed E-state index contributed by atoms with van der Waals surface area (Å²) in [5.41, 5.74) is 0. The molecule has 0 unspecified atom stereocenters. The first-order valence-corrected chi connectivity index (χ1v) is 7.39. The maximum atomic E-state index is 12.0. The molecule has 0 aliphatic carbocycles. The van der Waals surface area contributed by atoms with Gasteiger partial charge in [0.25, 0.3) is 0 Å². The van der Waals surface area contributed by atoms with Crippen molar-refractivity contribution >= 4 is 22.4 Å². The smallest absolute Gasteiger partial charge is 0.214 e. The zero-order chi connectivity index (χ0) is 11.3. The number of nitrogens with one attached hydrogen (secondary N) is 1. The van der Waals surface area contributed by atoms with E-state index in [1.54, 1.807) is 4.31 Å². The summed E-state index contributed by atoms with van der Waals surface area (Å²) in [5.74, 6) is 0.630. The Hall–Kier alpha value is 0.160. The quantitative estimate of drug-likeness (QED) is 0.813. The molecule has 0 spiro atoms. The average molecular weight is 271 g/mol. The van der Waals surface area contributed by atoms with Crippen molar-refractivity contribution in [3.63, 3.8) is 0 Å². The van der Waals surface area contributed by atoms with Crippen LogP contribution in [0.1, 0.15) is 26.7 Å². The van der Waals surface area contributed by atoms with Crippen LogP contribution in [0.15, 0.2) is 0 Å². The lowest BCUT2D eigenvalue weighted by Crippen LogP contribution is -2.47. The molecule has 0 aromatic carbocycles. The van der Waals surface area contributed by atoms with Crippen LogP contribution in [0.5, 0.6) is 0 Å². The van der Waals surface area contributed by atoms with E-state index in [-0.39, 0.29) is 12.4 Å². The number of hydrogen-bond acceptors (Lipinski definition) is 3.